The molecule has 0 saturated heterocycles. The predicted molar refractivity (Wildman–Crippen MR) is 82.0 cm³/mol. The summed E-state index contributed by atoms with van der Waals surface area (Å²) in [7, 11) is 0. The van der Waals surface area contributed by atoms with E-state index >= 15 is 0 Å². The summed E-state index contributed by atoms with van der Waals surface area (Å²) in [6.45, 7) is 1.81. The summed E-state index contributed by atoms with van der Waals surface area (Å²) in [6.07, 6.45) is 0. The maximum atomic E-state index is 13.5. The highest BCUT2D eigenvalue weighted by Gasteiger charge is 2.14. The second kappa shape index (κ2) is 5.29. The minimum Gasteiger partial charge on any atom is -0.399 e. The van der Waals surface area contributed by atoms with Gasteiger partial charge in [0.05, 0.1) is 5.56 Å². The Hall–Kier alpha value is -2.21. The summed E-state index contributed by atoms with van der Waals surface area (Å²) in [5.74, 6) is 0.328. The van der Waals surface area contributed by atoms with Crippen molar-refractivity contribution >= 4 is 21.6 Å². The largest absolute Gasteiger partial charge is 0.399 e. The van der Waals surface area contributed by atoms with Gasteiger partial charge in [0.1, 0.15) is 5.82 Å². The summed E-state index contributed by atoms with van der Waals surface area (Å²) in [5, 5.41) is 3.90. The highest BCUT2D eigenvalue weighted by Crippen LogP contribution is 2.30. The van der Waals surface area contributed by atoms with Crippen LogP contribution in [-0.2, 0) is 0 Å². The first-order valence-electron chi connectivity index (χ1n) is 6.19. The number of anilines is 1. The van der Waals surface area contributed by atoms with Gasteiger partial charge in [-0.25, -0.2) is 4.39 Å². The zero-order valence-corrected chi connectivity index (χ0v) is 12.7. The van der Waals surface area contributed by atoms with Crippen LogP contribution < -0.4 is 5.73 Å². The molecule has 21 heavy (non-hydrogen) atoms. The molecular weight excluding hydrogens is 337 g/mol. The summed E-state index contributed by atoms with van der Waals surface area (Å²) in [4.78, 5) is 4.30. The molecule has 0 spiro atoms. The Morgan fingerprint density at radius 3 is 2.76 bits per heavy atom. The number of benzene rings is 2. The molecule has 0 amide bonds. The van der Waals surface area contributed by atoms with Crippen molar-refractivity contribution in [2.75, 3.05) is 5.73 Å². The molecule has 3 rings (SSSR count). The van der Waals surface area contributed by atoms with E-state index in [2.05, 4.69) is 26.1 Å². The minimum atomic E-state index is -0.332. The fourth-order valence-corrected chi connectivity index (χ4v) is 2.44. The quantitative estimate of drug-likeness (QED) is 0.705. The molecule has 0 aliphatic rings. The van der Waals surface area contributed by atoms with Crippen LogP contribution >= 0.6 is 15.9 Å². The molecular formula is C15H11BrFN3O. The van der Waals surface area contributed by atoms with Gasteiger partial charge in [0, 0.05) is 15.7 Å². The van der Waals surface area contributed by atoms with Crippen LogP contribution in [0, 0.1) is 12.7 Å². The topological polar surface area (TPSA) is 64.9 Å². The second-order valence-electron chi connectivity index (χ2n) is 4.68. The van der Waals surface area contributed by atoms with E-state index in [0.717, 1.165) is 10.0 Å². The number of aryl methyl sites for hydroxylation is 1. The van der Waals surface area contributed by atoms with Crippen molar-refractivity contribution in [3.8, 4) is 22.8 Å². The van der Waals surface area contributed by atoms with E-state index in [9.17, 15) is 4.39 Å². The summed E-state index contributed by atoms with van der Waals surface area (Å²) in [6, 6.07) is 9.92. The van der Waals surface area contributed by atoms with Crippen LogP contribution in [0.3, 0.4) is 0 Å². The Morgan fingerprint density at radius 2 is 2.00 bits per heavy atom. The molecule has 3 aromatic rings. The van der Waals surface area contributed by atoms with Crippen molar-refractivity contribution in [2.24, 2.45) is 0 Å². The van der Waals surface area contributed by atoms with Crippen molar-refractivity contribution in [2.45, 2.75) is 6.92 Å². The SMILES string of the molecule is Cc1cc(F)cc(-c2noc(-c3cc(N)ccc3Br)n2)c1. The molecule has 0 unspecified atom stereocenters. The molecule has 0 aliphatic heterocycles. The predicted octanol–water partition coefficient (Wildman–Crippen LogP) is 4.20. The van der Waals surface area contributed by atoms with Crippen molar-refractivity contribution in [1.29, 1.82) is 0 Å². The first-order chi connectivity index (χ1) is 10.0. The van der Waals surface area contributed by atoms with Crippen LogP contribution in [-0.4, -0.2) is 10.1 Å². The van der Waals surface area contributed by atoms with E-state index in [-0.39, 0.29) is 5.82 Å². The van der Waals surface area contributed by atoms with Crippen LogP contribution in [0.5, 0.6) is 0 Å². The Labute approximate surface area is 128 Å². The molecule has 1 heterocycles. The van der Waals surface area contributed by atoms with Gasteiger partial charge in [-0.05, 0) is 64.8 Å². The van der Waals surface area contributed by atoms with Crippen molar-refractivity contribution < 1.29 is 8.91 Å². The Balaban J connectivity index is 2.05. The molecule has 2 aromatic carbocycles. The highest BCUT2D eigenvalue weighted by molar-refractivity contribution is 9.10. The van der Waals surface area contributed by atoms with E-state index in [1.807, 2.05) is 6.92 Å². The molecule has 0 aliphatic carbocycles. The minimum absolute atomic E-state index is 0.325. The first-order valence-corrected chi connectivity index (χ1v) is 6.99. The average Bonchev–Trinajstić information content (AvgIpc) is 2.90. The standard InChI is InChI=1S/C15H11BrFN3O/c1-8-4-9(6-10(17)5-8)14-19-15(21-20-14)12-7-11(18)2-3-13(12)16/h2-7H,18H2,1H3. The van der Waals surface area contributed by atoms with Crippen LogP contribution in [0.2, 0.25) is 0 Å². The maximum Gasteiger partial charge on any atom is 0.259 e. The number of aromatic nitrogens is 2. The lowest BCUT2D eigenvalue weighted by atomic mass is 10.1. The lowest BCUT2D eigenvalue weighted by molar-refractivity contribution is 0.432. The van der Waals surface area contributed by atoms with Gasteiger partial charge >= 0.3 is 0 Å². The third-order valence-corrected chi connectivity index (χ3v) is 3.64. The Morgan fingerprint density at radius 1 is 1.19 bits per heavy atom. The van der Waals surface area contributed by atoms with Gasteiger partial charge in [-0.1, -0.05) is 5.16 Å². The molecule has 106 valence electrons. The van der Waals surface area contributed by atoms with Crippen LogP contribution in [0.1, 0.15) is 5.56 Å². The van der Waals surface area contributed by atoms with E-state index in [1.54, 1.807) is 24.3 Å². The maximum absolute atomic E-state index is 13.5. The molecule has 0 radical (unpaired) electrons. The van der Waals surface area contributed by atoms with Gasteiger partial charge in [-0.3, -0.25) is 0 Å². The normalized spacial score (nSPS) is 10.8. The zero-order valence-electron chi connectivity index (χ0n) is 11.1. The Kier molecular flexibility index (Phi) is 3.47. The van der Waals surface area contributed by atoms with Gasteiger partial charge in [-0.15, -0.1) is 0 Å². The average molecular weight is 348 g/mol. The lowest BCUT2D eigenvalue weighted by Crippen LogP contribution is -1.88. The molecule has 0 fully saturated rings. The van der Waals surface area contributed by atoms with Crippen LogP contribution in [0.15, 0.2) is 45.4 Å². The summed E-state index contributed by atoms with van der Waals surface area (Å²) < 4.78 is 19.5. The number of hydrogen-bond acceptors (Lipinski definition) is 4. The molecule has 1 aromatic heterocycles. The van der Waals surface area contributed by atoms with Crippen molar-refractivity contribution in [3.63, 3.8) is 0 Å². The van der Waals surface area contributed by atoms with E-state index in [4.69, 9.17) is 10.3 Å². The number of nitrogen functional groups attached to an aromatic ring is 1. The van der Waals surface area contributed by atoms with Gasteiger partial charge in [0.15, 0.2) is 0 Å². The summed E-state index contributed by atoms with van der Waals surface area (Å²) in [5.41, 5.74) is 8.42. The van der Waals surface area contributed by atoms with Crippen LogP contribution in [0.25, 0.3) is 22.8 Å². The molecule has 6 heteroatoms. The van der Waals surface area contributed by atoms with Gasteiger partial charge in [0.2, 0.25) is 5.82 Å². The number of hydrogen-bond donors (Lipinski definition) is 1. The third-order valence-electron chi connectivity index (χ3n) is 2.95. The van der Waals surface area contributed by atoms with E-state index in [1.165, 1.54) is 12.1 Å². The third kappa shape index (κ3) is 2.80. The zero-order chi connectivity index (χ0) is 15.0. The number of halogens is 2. The van der Waals surface area contributed by atoms with E-state index < -0.39 is 0 Å². The number of rotatable bonds is 2. The smallest absolute Gasteiger partial charge is 0.259 e. The lowest BCUT2D eigenvalue weighted by Gasteiger charge is -2.00. The van der Waals surface area contributed by atoms with Gasteiger partial charge in [0.25, 0.3) is 5.89 Å². The fourth-order valence-electron chi connectivity index (χ4n) is 2.02. The number of nitrogens with two attached hydrogens (primary N) is 1. The van der Waals surface area contributed by atoms with Crippen molar-refractivity contribution in [3.05, 3.63) is 52.3 Å². The number of nitrogens with zero attached hydrogens (tertiary/aromatic N) is 2. The van der Waals surface area contributed by atoms with Crippen molar-refractivity contribution in [1.82, 2.24) is 10.1 Å². The summed E-state index contributed by atoms with van der Waals surface area (Å²) >= 11 is 3.41. The van der Waals surface area contributed by atoms with Gasteiger partial charge < -0.3 is 10.3 Å². The molecule has 4 nitrogen and oxygen atoms in total. The molecule has 0 atom stereocenters. The first kappa shape index (κ1) is 13.8. The van der Waals surface area contributed by atoms with Gasteiger partial charge in [-0.2, -0.15) is 4.98 Å². The highest BCUT2D eigenvalue weighted by atomic mass is 79.9. The Bertz CT molecular complexity index is 796. The van der Waals surface area contributed by atoms with Crippen LogP contribution in [0.4, 0.5) is 10.1 Å². The second-order valence-corrected chi connectivity index (χ2v) is 5.53. The molecule has 0 bridgehead atoms. The fraction of sp³-hybridized carbons (Fsp3) is 0.0667. The molecule has 2 N–H and O–H groups in total. The monoisotopic (exact) mass is 347 g/mol. The molecule has 0 saturated carbocycles. The van der Waals surface area contributed by atoms with E-state index in [0.29, 0.717) is 28.5 Å².